The van der Waals surface area contributed by atoms with Crippen molar-refractivity contribution in [3.63, 3.8) is 0 Å². The molecule has 0 aromatic heterocycles. The first-order valence-corrected chi connectivity index (χ1v) is 8.55. The van der Waals surface area contributed by atoms with E-state index in [4.69, 9.17) is 4.74 Å². The molecule has 2 aromatic rings. The molecule has 4 nitrogen and oxygen atoms in total. The largest absolute Gasteiger partial charge is 0.483 e. The molecule has 2 aromatic carbocycles. The number of halogens is 2. The maximum atomic E-state index is 12.8. The number of nitrogens with zero attached hydrogens (tertiary/aromatic N) is 1. The van der Waals surface area contributed by atoms with Gasteiger partial charge >= 0.3 is 0 Å². The molecule has 0 aliphatic heterocycles. The van der Waals surface area contributed by atoms with Gasteiger partial charge in [0.1, 0.15) is 11.6 Å². The van der Waals surface area contributed by atoms with Crippen molar-refractivity contribution in [1.29, 1.82) is 0 Å². The van der Waals surface area contributed by atoms with E-state index in [9.17, 15) is 9.18 Å². The van der Waals surface area contributed by atoms with Crippen molar-refractivity contribution in [2.75, 3.05) is 6.61 Å². The van der Waals surface area contributed by atoms with Crippen LogP contribution < -0.4 is 10.2 Å². The fraction of sp³-hybridized carbons (Fsp3) is 0.263. The van der Waals surface area contributed by atoms with E-state index in [1.807, 2.05) is 18.2 Å². The Morgan fingerprint density at radius 2 is 1.92 bits per heavy atom. The monoisotopic (exact) mass is 406 g/mol. The number of rotatable bonds is 5. The zero-order chi connectivity index (χ0) is 18.4. The predicted octanol–water partition coefficient (Wildman–Crippen LogP) is 4.41. The number of carbonyl (C=O) groups excluding carboxylic acids is 1. The van der Waals surface area contributed by atoms with Gasteiger partial charge in [-0.25, -0.2) is 9.82 Å². The summed E-state index contributed by atoms with van der Waals surface area (Å²) >= 11 is 3.46. The summed E-state index contributed by atoms with van der Waals surface area (Å²) in [6.45, 7) is 6.22. The Morgan fingerprint density at radius 1 is 1.24 bits per heavy atom. The summed E-state index contributed by atoms with van der Waals surface area (Å²) < 4.78 is 19.1. The van der Waals surface area contributed by atoms with Crippen molar-refractivity contribution in [2.24, 2.45) is 5.10 Å². The van der Waals surface area contributed by atoms with Gasteiger partial charge in [-0.05, 0) is 56.7 Å². The van der Waals surface area contributed by atoms with E-state index in [-0.39, 0.29) is 23.7 Å². The van der Waals surface area contributed by atoms with E-state index in [2.05, 4.69) is 47.2 Å². The fourth-order valence-electron chi connectivity index (χ4n) is 1.99. The van der Waals surface area contributed by atoms with E-state index in [0.29, 0.717) is 11.3 Å². The lowest BCUT2D eigenvalue weighted by Crippen LogP contribution is -2.24. The van der Waals surface area contributed by atoms with E-state index < -0.39 is 0 Å². The van der Waals surface area contributed by atoms with Gasteiger partial charge in [0.05, 0.1) is 10.7 Å². The third kappa shape index (κ3) is 5.98. The third-order valence-electron chi connectivity index (χ3n) is 3.43. The summed E-state index contributed by atoms with van der Waals surface area (Å²) in [6.07, 6.45) is 1.44. The minimum atomic E-state index is -0.384. The number of hydrogen-bond donors (Lipinski definition) is 1. The molecule has 0 heterocycles. The normalized spacial score (nSPS) is 11.6. The van der Waals surface area contributed by atoms with Crippen LogP contribution in [-0.4, -0.2) is 18.7 Å². The molecule has 0 fully saturated rings. The van der Waals surface area contributed by atoms with Crippen molar-refractivity contribution in [3.8, 4) is 5.75 Å². The minimum absolute atomic E-state index is 0.0352. The summed E-state index contributed by atoms with van der Waals surface area (Å²) in [5.41, 5.74) is 4.25. The summed E-state index contributed by atoms with van der Waals surface area (Å²) in [7, 11) is 0. The van der Waals surface area contributed by atoms with Gasteiger partial charge in [0, 0.05) is 0 Å². The summed E-state index contributed by atoms with van der Waals surface area (Å²) in [5.74, 6) is -0.117. The Balaban J connectivity index is 1.86. The Bertz CT molecular complexity index is 768. The molecule has 0 aliphatic rings. The van der Waals surface area contributed by atoms with Crippen LogP contribution in [0.5, 0.6) is 5.75 Å². The van der Waals surface area contributed by atoms with Crippen molar-refractivity contribution < 1.29 is 13.9 Å². The van der Waals surface area contributed by atoms with Gasteiger partial charge in [0.25, 0.3) is 5.91 Å². The van der Waals surface area contributed by atoms with Gasteiger partial charge < -0.3 is 4.74 Å². The zero-order valence-corrected chi connectivity index (χ0v) is 15.9. The number of benzene rings is 2. The molecule has 25 heavy (non-hydrogen) atoms. The van der Waals surface area contributed by atoms with Crippen LogP contribution in [0.1, 0.15) is 31.9 Å². The second-order valence-electron chi connectivity index (χ2n) is 6.53. The van der Waals surface area contributed by atoms with Gasteiger partial charge in [-0.2, -0.15) is 5.10 Å². The molecular formula is C19H20BrFN2O2. The summed E-state index contributed by atoms with van der Waals surface area (Å²) in [4.78, 5) is 11.8. The number of hydrogen-bond acceptors (Lipinski definition) is 3. The predicted molar refractivity (Wildman–Crippen MR) is 100 cm³/mol. The number of nitrogens with one attached hydrogen (secondary N) is 1. The van der Waals surface area contributed by atoms with Crippen LogP contribution in [0, 0.1) is 5.82 Å². The number of carbonyl (C=O) groups is 1. The number of hydrazone groups is 1. The van der Waals surface area contributed by atoms with E-state index in [0.717, 1.165) is 4.47 Å². The lowest BCUT2D eigenvalue weighted by atomic mass is 9.87. The molecule has 0 unspecified atom stereocenters. The molecule has 132 valence electrons. The molecule has 6 heteroatoms. The second kappa shape index (κ2) is 8.25. The van der Waals surface area contributed by atoms with Crippen LogP contribution in [0.2, 0.25) is 0 Å². The molecule has 0 saturated heterocycles. The lowest BCUT2D eigenvalue weighted by Gasteiger charge is -2.20. The van der Waals surface area contributed by atoms with Crippen LogP contribution in [0.3, 0.4) is 0 Å². The Morgan fingerprint density at radius 3 is 2.52 bits per heavy atom. The van der Waals surface area contributed by atoms with Crippen molar-refractivity contribution in [1.82, 2.24) is 5.43 Å². The highest BCUT2D eigenvalue weighted by atomic mass is 79.9. The summed E-state index contributed by atoms with van der Waals surface area (Å²) in [5, 5.41) is 3.81. The highest BCUT2D eigenvalue weighted by Crippen LogP contribution is 2.31. The number of ether oxygens (including phenoxy) is 1. The van der Waals surface area contributed by atoms with Gasteiger partial charge in [0.15, 0.2) is 6.61 Å². The standard InChI is InChI=1S/C19H20BrFN2O2/c1-19(2,3)14-6-9-17(16(20)10-14)25-12-18(24)23-22-11-13-4-7-15(21)8-5-13/h4-11H,12H2,1-3H3,(H,23,24)/b22-11-. The first-order valence-electron chi connectivity index (χ1n) is 7.76. The first kappa shape index (κ1) is 19.1. The minimum Gasteiger partial charge on any atom is -0.483 e. The summed E-state index contributed by atoms with van der Waals surface area (Å²) in [6, 6.07) is 11.6. The van der Waals surface area contributed by atoms with Crippen molar-refractivity contribution in [3.05, 3.63) is 63.9 Å². The van der Waals surface area contributed by atoms with Crippen molar-refractivity contribution in [2.45, 2.75) is 26.2 Å². The van der Waals surface area contributed by atoms with E-state index >= 15 is 0 Å². The van der Waals surface area contributed by atoms with Crippen molar-refractivity contribution >= 4 is 28.1 Å². The Hall–Kier alpha value is -2.21. The first-order chi connectivity index (χ1) is 11.8. The van der Waals surface area contributed by atoms with Gasteiger partial charge in [-0.15, -0.1) is 0 Å². The molecule has 0 bridgehead atoms. The average molecular weight is 407 g/mol. The molecule has 1 amide bonds. The molecule has 0 radical (unpaired) electrons. The highest BCUT2D eigenvalue weighted by Gasteiger charge is 2.15. The zero-order valence-electron chi connectivity index (χ0n) is 14.3. The Kier molecular flexibility index (Phi) is 6.31. The molecular weight excluding hydrogens is 387 g/mol. The maximum Gasteiger partial charge on any atom is 0.277 e. The lowest BCUT2D eigenvalue weighted by molar-refractivity contribution is -0.123. The van der Waals surface area contributed by atoms with Crippen LogP contribution in [0.4, 0.5) is 4.39 Å². The molecule has 0 aliphatic carbocycles. The number of amides is 1. The maximum absolute atomic E-state index is 12.8. The van der Waals surface area contributed by atoms with Gasteiger partial charge in [-0.1, -0.05) is 39.0 Å². The van der Waals surface area contributed by atoms with E-state index in [1.165, 1.54) is 23.9 Å². The SMILES string of the molecule is CC(C)(C)c1ccc(OCC(=O)N/N=C\c2ccc(F)cc2)c(Br)c1. The average Bonchev–Trinajstić information content (AvgIpc) is 2.54. The fourth-order valence-corrected chi connectivity index (χ4v) is 2.48. The molecule has 0 saturated carbocycles. The second-order valence-corrected chi connectivity index (χ2v) is 7.38. The van der Waals surface area contributed by atoms with Crippen LogP contribution in [0.25, 0.3) is 0 Å². The molecule has 0 spiro atoms. The van der Waals surface area contributed by atoms with Gasteiger partial charge in [0.2, 0.25) is 0 Å². The van der Waals surface area contributed by atoms with Crippen LogP contribution >= 0.6 is 15.9 Å². The Labute approximate surface area is 155 Å². The van der Waals surface area contributed by atoms with Crippen LogP contribution in [0.15, 0.2) is 52.0 Å². The highest BCUT2D eigenvalue weighted by molar-refractivity contribution is 9.10. The van der Waals surface area contributed by atoms with E-state index in [1.54, 1.807) is 12.1 Å². The smallest absolute Gasteiger partial charge is 0.277 e. The third-order valence-corrected chi connectivity index (χ3v) is 4.05. The van der Waals surface area contributed by atoms with Crippen LogP contribution in [-0.2, 0) is 10.2 Å². The quantitative estimate of drug-likeness (QED) is 0.590. The molecule has 1 N–H and O–H groups in total. The topological polar surface area (TPSA) is 50.7 Å². The molecule has 0 atom stereocenters. The molecule has 2 rings (SSSR count). The van der Waals surface area contributed by atoms with Gasteiger partial charge in [-0.3, -0.25) is 4.79 Å².